The maximum Gasteiger partial charge on any atom is 0.195 e. The zero-order chi connectivity index (χ0) is 18.3. The predicted octanol–water partition coefficient (Wildman–Crippen LogP) is 7.00. The second-order valence-electron chi connectivity index (χ2n) is 6.91. The van der Waals surface area contributed by atoms with Crippen LogP contribution in [-0.4, -0.2) is 0 Å². The Morgan fingerprint density at radius 2 is 1.42 bits per heavy atom. The van der Waals surface area contributed by atoms with E-state index in [2.05, 4.69) is 75.4 Å². The Labute approximate surface area is 161 Å². The van der Waals surface area contributed by atoms with Crippen molar-refractivity contribution in [1.29, 1.82) is 0 Å². The van der Waals surface area contributed by atoms with Crippen LogP contribution in [0.1, 0.15) is 30.9 Å². The zero-order valence-electron chi connectivity index (χ0n) is 15.1. The molecule has 0 unspecified atom stereocenters. The van der Waals surface area contributed by atoms with E-state index < -0.39 is 0 Å². The molecule has 0 radical (unpaired) electrons. The maximum atomic E-state index is 13.1. The molecule has 130 valence electrons. The van der Waals surface area contributed by atoms with Crippen LogP contribution in [0.2, 0.25) is 0 Å². The summed E-state index contributed by atoms with van der Waals surface area (Å²) in [6, 6.07) is 21.0. The second-order valence-corrected chi connectivity index (χ2v) is 9.15. The van der Waals surface area contributed by atoms with Crippen molar-refractivity contribution in [2.45, 2.75) is 36.5 Å². The lowest BCUT2D eigenvalue weighted by Gasteiger charge is -2.08. The Bertz CT molecular complexity index is 1150. The van der Waals surface area contributed by atoms with Crippen molar-refractivity contribution in [3.05, 3.63) is 82.0 Å². The van der Waals surface area contributed by atoms with E-state index in [9.17, 15) is 4.79 Å². The van der Waals surface area contributed by atoms with Crippen molar-refractivity contribution in [2.24, 2.45) is 0 Å². The first-order chi connectivity index (χ1) is 12.5. The van der Waals surface area contributed by atoms with E-state index in [1.807, 2.05) is 6.07 Å². The normalized spacial score (nSPS) is 11.5. The average Bonchev–Trinajstić information content (AvgIpc) is 2.64. The number of aryl methyl sites for hydroxylation is 1. The summed E-state index contributed by atoms with van der Waals surface area (Å²) in [4.78, 5) is 15.4. The molecule has 0 fully saturated rings. The summed E-state index contributed by atoms with van der Waals surface area (Å²) >= 11 is 3.39. The van der Waals surface area contributed by atoms with E-state index >= 15 is 0 Å². The highest BCUT2D eigenvalue weighted by atomic mass is 32.2. The van der Waals surface area contributed by atoms with Gasteiger partial charge in [-0.1, -0.05) is 49.4 Å². The molecule has 0 saturated carbocycles. The lowest BCUT2D eigenvalue weighted by Crippen LogP contribution is -2.02. The summed E-state index contributed by atoms with van der Waals surface area (Å²) < 4.78 is 2.11. The summed E-state index contributed by atoms with van der Waals surface area (Å²) in [6.07, 6.45) is 0. The Hall–Kier alpha value is -2.10. The van der Waals surface area contributed by atoms with Gasteiger partial charge >= 0.3 is 0 Å². The van der Waals surface area contributed by atoms with Gasteiger partial charge in [-0.05, 0) is 60.9 Å². The molecule has 0 N–H and O–H groups in total. The molecule has 0 atom stereocenters. The molecule has 3 heteroatoms. The SMILES string of the molecule is Cc1ccc(Sc2ccc3sc4ccc(C(C)C)cc4c(=O)c3c2)cc1. The van der Waals surface area contributed by atoms with Gasteiger partial charge < -0.3 is 0 Å². The fourth-order valence-electron chi connectivity index (χ4n) is 3.02. The Kier molecular flexibility index (Phi) is 4.60. The largest absolute Gasteiger partial charge is 0.289 e. The fourth-order valence-corrected chi connectivity index (χ4v) is 4.91. The molecular weight excluding hydrogens is 356 g/mol. The van der Waals surface area contributed by atoms with Gasteiger partial charge in [-0.3, -0.25) is 4.79 Å². The van der Waals surface area contributed by atoms with Crippen LogP contribution in [0.4, 0.5) is 0 Å². The van der Waals surface area contributed by atoms with Gasteiger partial charge in [0.05, 0.1) is 0 Å². The smallest absolute Gasteiger partial charge is 0.195 e. The number of fused-ring (bicyclic) bond motifs is 2. The van der Waals surface area contributed by atoms with Gasteiger partial charge in [0, 0.05) is 30.0 Å². The van der Waals surface area contributed by atoms with Crippen molar-refractivity contribution in [3.63, 3.8) is 0 Å². The molecule has 1 heterocycles. The van der Waals surface area contributed by atoms with Crippen molar-refractivity contribution in [2.75, 3.05) is 0 Å². The first kappa shape index (κ1) is 17.3. The third-order valence-corrected chi connectivity index (χ3v) is 6.74. The first-order valence-corrected chi connectivity index (χ1v) is 10.4. The summed E-state index contributed by atoms with van der Waals surface area (Å²) in [5, 5.41) is 1.66. The van der Waals surface area contributed by atoms with Gasteiger partial charge in [0.1, 0.15) is 0 Å². The van der Waals surface area contributed by atoms with Crippen molar-refractivity contribution >= 4 is 43.3 Å². The van der Waals surface area contributed by atoms with Gasteiger partial charge in [0.15, 0.2) is 5.43 Å². The number of hydrogen-bond acceptors (Lipinski definition) is 3. The third-order valence-electron chi connectivity index (χ3n) is 4.59. The monoisotopic (exact) mass is 376 g/mol. The van der Waals surface area contributed by atoms with E-state index in [1.54, 1.807) is 23.1 Å². The summed E-state index contributed by atoms with van der Waals surface area (Å²) in [5.74, 6) is 0.419. The molecule has 26 heavy (non-hydrogen) atoms. The van der Waals surface area contributed by atoms with Gasteiger partial charge in [-0.15, -0.1) is 11.3 Å². The van der Waals surface area contributed by atoms with Crippen LogP contribution in [0.25, 0.3) is 20.2 Å². The Morgan fingerprint density at radius 3 is 2.12 bits per heavy atom. The number of rotatable bonds is 3. The molecule has 0 amide bonds. The first-order valence-electron chi connectivity index (χ1n) is 8.76. The molecule has 0 aliphatic heterocycles. The molecule has 1 nitrogen and oxygen atoms in total. The van der Waals surface area contributed by atoms with E-state index in [0.717, 1.165) is 25.1 Å². The highest BCUT2D eigenvalue weighted by Crippen LogP contribution is 2.32. The summed E-state index contributed by atoms with van der Waals surface area (Å²) in [5.41, 5.74) is 2.61. The van der Waals surface area contributed by atoms with Crippen molar-refractivity contribution in [3.8, 4) is 0 Å². The number of hydrogen-bond donors (Lipinski definition) is 0. The molecule has 1 aromatic heterocycles. The van der Waals surface area contributed by atoms with Gasteiger partial charge in [0.25, 0.3) is 0 Å². The molecule has 0 bridgehead atoms. The van der Waals surface area contributed by atoms with Crippen LogP contribution in [-0.2, 0) is 0 Å². The van der Waals surface area contributed by atoms with E-state index in [-0.39, 0.29) is 5.43 Å². The van der Waals surface area contributed by atoms with Crippen LogP contribution < -0.4 is 5.43 Å². The average molecular weight is 377 g/mol. The maximum absolute atomic E-state index is 13.1. The molecule has 0 aliphatic rings. The van der Waals surface area contributed by atoms with Gasteiger partial charge in [0.2, 0.25) is 0 Å². The standard InChI is InChI=1S/C23H20OS2/c1-14(2)16-6-10-21-19(12-16)23(24)20-13-18(9-11-22(20)26-21)25-17-7-4-15(3)5-8-17/h4-14H,1-3H3. The minimum Gasteiger partial charge on any atom is -0.289 e. The molecular formula is C23H20OS2. The molecule has 0 aliphatic carbocycles. The van der Waals surface area contributed by atoms with Crippen LogP contribution in [0.15, 0.2) is 75.2 Å². The van der Waals surface area contributed by atoms with Gasteiger partial charge in [-0.25, -0.2) is 0 Å². The minimum atomic E-state index is 0.141. The molecule has 4 rings (SSSR count). The lowest BCUT2D eigenvalue weighted by molar-refractivity contribution is 0.869. The third kappa shape index (κ3) is 3.29. The molecule has 0 saturated heterocycles. The van der Waals surface area contributed by atoms with Crippen LogP contribution >= 0.6 is 23.1 Å². The molecule has 4 aromatic rings. The van der Waals surface area contributed by atoms with E-state index in [0.29, 0.717) is 5.92 Å². The Morgan fingerprint density at radius 1 is 0.808 bits per heavy atom. The van der Waals surface area contributed by atoms with Gasteiger partial charge in [-0.2, -0.15) is 0 Å². The van der Waals surface area contributed by atoms with Crippen molar-refractivity contribution < 1.29 is 0 Å². The second kappa shape index (κ2) is 6.90. The predicted molar refractivity (Wildman–Crippen MR) is 115 cm³/mol. The van der Waals surface area contributed by atoms with Crippen molar-refractivity contribution in [1.82, 2.24) is 0 Å². The quantitative estimate of drug-likeness (QED) is 0.358. The molecule has 0 spiro atoms. The fraction of sp³-hybridized carbons (Fsp3) is 0.174. The van der Waals surface area contributed by atoms with Crippen LogP contribution in [0.5, 0.6) is 0 Å². The molecule has 3 aromatic carbocycles. The summed E-state index contributed by atoms with van der Waals surface area (Å²) in [7, 11) is 0. The highest BCUT2D eigenvalue weighted by Gasteiger charge is 2.09. The summed E-state index contributed by atoms with van der Waals surface area (Å²) in [6.45, 7) is 6.41. The Balaban J connectivity index is 1.83. The minimum absolute atomic E-state index is 0.141. The highest BCUT2D eigenvalue weighted by molar-refractivity contribution is 7.99. The van der Waals surface area contributed by atoms with Crippen LogP contribution in [0, 0.1) is 6.92 Å². The van der Waals surface area contributed by atoms with Crippen LogP contribution in [0.3, 0.4) is 0 Å². The van der Waals surface area contributed by atoms with E-state index in [1.165, 1.54) is 16.0 Å². The van der Waals surface area contributed by atoms with E-state index in [4.69, 9.17) is 0 Å². The zero-order valence-corrected chi connectivity index (χ0v) is 16.7. The topological polar surface area (TPSA) is 17.1 Å². The number of benzene rings is 3. The lowest BCUT2D eigenvalue weighted by atomic mass is 10.0.